The first kappa shape index (κ1) is 15.6. The second-order valence-corrected chi connectivity index (χ2v) is 7.13. The number of ether oxygens (including phenoxy) is 2. The van der Waals surface area contributed by atoms with E-state index in [2.05, 4.69) is 26.8 Å². The van der Waals surface area contributed by atoms with Gasteiger partial charge in [0.15, 0.2) is 6.10 Å². The van der Waals surface area contributed by atoms with Gasteiger partial charge in [-0.2, -0.15) is 0 Å². The Balaban J connectivity index is 1.91. The maximum absolute atomic E-state index is 11.7. The van der Waals surface area contributed by atoms with Gasteiger partial charge in [-0.25, -0.2) is 4.79 Å². The monoisotopic (exact) mass is 280 g/mol. The van der Waals surface area contributed by atoms with Gasteiger partial charge in [0.1, 0.15) is 5.60 Å². The van der Waals surface area contributed by atoms with Crippen LogP contribution in [0.3, 0.4) is 0 Å². The zero-order chi connectivity index (χ0) is 15.0. The van der Waals surface area contributed by atoms with Crippen LogP contribution in [0.15, 0.2) is 11.6 Å². The van der Waals surface area contributed by atoms with Gasteiger partial charge in [-0.3, -0.25) is 0 Å². The minimum Gasteiger partial charge on any atom is -0.464 e. The van der Waals surface area contributed by atoms with Crippen LogP contribution in [0.5, 0.6) is 0 Å². The SMILES string of the molecule is CCOC(=O)C1OC1(C)CCC1C(C)=CCCC1(C)C. The standard InChI is InChI=1S/C17H28O3/c1-6-19-15(18)14-17(5,20-14)11-9-13-12(2)8-7-10-16(13,3)4/h8,13-14H,6-7,9-11H2,1-5H3. The molecule has 0 bridgehead atoms. The minimum atomic E-state index is -0.349. The third-order valence-electron chi connectivity index (χ3n) is 5.06. The summed E-state index contributed by atoms with van der Waals surface area (Å²) in [5, 5.41) is 0. The van der Waals surface area contributed by atoms with Gasteiger partial charge < -0.3 is 9.47 Å². The predicted molar refractivity (Wildman–Crippen MR) is 79.4 cm³/mol. The van der Waals surface area contributed by atoms with E-state index in [9.17, 15) is 4.79 Å². The van der Waals surface area contributed by atoms with Crippen molar-refractivity contribution in [3.63, 3.8) is 0 Å². The lowest BCUT2D eigenvalue weighted by Crippen LogP contribution is -2.29. The maximum Gasteiger partial charge on any atom is 0.338 e. The average molecular weight is 280 g/mol. The van der Waals surface area contributed by atoms with Crippen molar-refractivity contribution in [1.82, 2.24) is 0 Å². The van der Waals surface area contributed by atoms with E-state index in [1.165, 1.54) is 18.4 Å². The smallest absolute Gasteiger partial charge is 0.338 e. The van der Waals surface area contributed by atoms with Gasteiger partial charge in [0.05, 0.1) is 6.61 Å². The molecule has 1 heterocycles. The van der Waals surface area contributed by atoms with E-state index in [-0.39, 0.29) is 17.7 Å². The fraction of sp³-hybridized carbons (Fsp3) is 0.824. The van der Waals surface area contributed by atoms with E-state index in [4.69, 9.17) is 9.47 Å². The van der Waals surface area contributed by atoms with E-state index in [1.807, 2.05) is 13.8 Å². The summed E-state index contributed by atoms with van der Waals surface area (Å²) in [4.78, 5) is 11.7. The lowest BCUT2D eigenvalue weighted by molar-refractivity contribution is -0.144. The fourth-order valence-corrected chi connectivity index (χ4v) is 3.59. The van der Waals surface area contributed by atoms with E-state index in [0.29, 0.717) is 17.9 Å². The molecule has 0 spiro atoms. The second-order valence-electron chi connectivity index (χ2n) is 7.13. The van der Waals surface area contributed by atoms with Gasteiger partial charge in [-0.15, -0.1) is 0 Å². The first-order valence-electron chi connectivity index (χ1n) is 7.81. The van der Waals surface area contributed by atoms with Crippen molar-refractivity contribution in [3.8, 4) is 0 Å². The highest BCUT2D eigenvalue weighted by Gasteiger charge is 2.57. The van der Waals surface area contributed by atoms with Crippen molar-refractivity contribution in [2.45, 2.75) is 72.0 Å². The molecule has 0 aromatic heterocycles. The number of carbonyl (C=O) groups excluding carboxylic acids is 1. The molecule has 3 atom stereocenters. The molecule has 0 saturated carbocycles. The molecule has 3 nitrogen and oxygen atoms in total. The number of hydrogen-bond donors (Lipinski definition) is 0. The number of carbonyl (C=O) groups is 1. The molecule has 3 heteroatoms. The summed E-state index contributed by atoms with van der Waals surface area (Å²) >= 11 is 0. The summed E-state index contributed by atoms with van der Waals surface area (Å²) in [6.07, 6.45) is 6.47. The van der Waals surface area contributed by atoms with Gasteiger partial charge >= 0.3 is 5.97 Å². The molecule has 2 aliphatic rings. The summed E-state index contributed by atoms with van der Waals surface area (Å²) in [7, 11) is 0. The van der Waals surface area contributed by atoms with Gasteiger partial charge in [0.25, 0.3) is 0 Å². The van der Waals surface area contributed by atoms with Crippen molar-refractivity contribution in [2.24, 2.45) is 11.3 Å². The highest BCUT2D eigenvalue weighted by molar-refractivity contribution is 5.79. The Morgan fingerprint density at radius 2 is 2.15 bits per heavy atom. The largest absolute Gasteiger partial charge is 0.464 e. The number of epoxide rings is 1. The molecule has 0 radical (unpaired) electrons. The molecule has 1 aliphatic carbocycles. The molecular formula is C17H28O3. The molecule has 0 amide bonds. The van der Waals surface area contributed by atoms with Crippen molar-refractivity contribution in [1.29, 1.82) is 0 Å². The Morgan fingerprint density at radius 3 is 2.75 bits per heavy atom. The number of allylic oxidation sites excluding steroid dienone is 2. The summed E-state index contributed by atoms with van der Waals surface area (Å²) in [6, 6.07) is 0. The highest BCUT2D eigenvalue weighted by atomic mass is 16.7. The van der Waals surface area contributed by atoms with Crippen LogP contribution in [0, 0.1) is 11.3 Å². The van der Waals surface area contributed by atoms with E-state index in [0.717, 1.165) is 12.8 Å². The Labute approximate surface area is 122 Å². The Hall–Kier alpha value is -0.830. The summed E-state index contributed by atoms with van der Waals surface area (Å²) in [6.45, 7) is 11.2. The third kappa shape index (κ3) is 3.08. The Morgan fingerprint density at radius 1 is 1.45 bits per heavy atom. The van der Waals surface area contributed by atoms with Gasteiger partial charge in [0.2, 0.25) is 0 Å². The van der Waals surface area contributed by atoms with Crippen LogP contribution in [0.25, 0.3) is 0 Å². The molecule has 114 valence electrons. The molecule has 0 N–H and O–H groups in total. The molecule has 20 heavy (non-hydrogen) atoms. The zero-order valence-corrected chi connectivity index (χ0v) is 13.5. The van der Waals surface area contributed by atoms with Crippen molar-refractivity contribution in [2.75, 3.05) is 6.61 Å². The number of rotatable bonds is 5. The average Bonchev–Trinajstić information content (AvgIpc) is 3.01. The van der Waals surface area contributed by atoms with Crippen LogP contribution < -0.4 is 0 Å². The zero-order valence-electron chi connectivity index (χ0n) is 13.5. The van der Waals surface area contributed by atoms with Crippen molar-refractivity contribution < 1.29 is 14.3 Å². The van der Waals surface area contributed by atoms with Crippen LogP contribution in [-0.2, 0) is 14.3 Å². The number of hydrogen-bond acceptors (Lipinski definition) is 3. The topological polar surface area (TPSA) is 38.8 Å². The summed E-state index contributed by atoms with van der Waals surface area (Å²) < 4.78 is 10.7. The molecule has 0 aromatic rings. The van der Waals surface area contributed by atoms with E-state index < -0.39 is 0 Å². The molecule has 1 fully saturated rings. The number of esters is 1. The summed E-state index contributed by atoms with van der Waals surface area (Å²) in [5.74, 6) is 0.394. The first-order valence-corrected chi connectivity index (χ1v) is 7.81. The third-order valence-corrected chi connectivity index (χ3v) is 5.06. The highest BCUT2D eigenvalue weighted by Crippen LogP contribution is 2.48. The molecule has 0 aromatic carbocycles. The fourth-order valence-electron chi connectivity index (χ4n) is 3.59. The van der Waals surface area contributed by atoms with Crippen molar-refractivity contribution in [3.05, 3.63) is 11.6 Å². The normalized spacial score (nSPS) is 35.4. The van der Waals surface area contributed by atoms with Gasteiger partial charge in [0, 0.05) is 0 Å². The Kier molecular flexibility index (Phi) is 4.29. The molecular weight excluding hydrogens is 252 g/mol. The first-order chi connectivity index (χ1) is 9.30. The molecule has 1 saturated heterocycles. The summed E-state index contributed by atoms with van der Waals surface area (Å²) in [5.41, 5.74) is 1.54. The van der Waals surface area contributed by atoms with Crippen LogP contribution in [-0.4, -0.2) is 24.3 Å². The van der Waals surface area contributed by atoms with Crippen LogP contribution in [0.1, 0.15) is 60.3 Å². The second kappa shape index (κ2) is 5.51. The quantitative estimate of drug-likeness (QED) is 0.436. The molecule has 3 unspecified atom stereocenters. The van der Waals surface area contributed by atoms with Gasteiger partial charge in [-0.1, -0.05) is 25.5 Å². The maximum atomic E-state index is 11.7. The Bertz CT molecular complexity index is 410. The van der Waals surface area contributed by atoms with Crippen molar-refractivity contribution >= 4 is 5.97 Å². The minimum absolute atomic E-state index is 0.204. The van der Waals surface area contributed by atoms with E-state index >= 15 is 0 Å². The molecule has 1 aliphatic heterocycles. The lowest BCUT2D eigenvalue weighted by atomic mass is 9.66. The van der Waals surface area contributed by atoms with Crippen LogP contribution in [0.4, 0.5) is 0 Å². The predicted octanol–water partition coefficient (Wildman–Crippen LogP) is 3.87. The van der Waals surface area contributed by atoms with Crippen LogP contribution in [0.2, 0.25) is 0 Å². The van der Waals surface area contributed by atoms with Gasteiger partial charge in [-0.05, 0) is 57.8 Å². The van der Waals surface area contributed by atoms with Crippen LogP contribution >= 0.6 is 0 Å². The van der Waals surface area contributed by atoms with E-state index in [1.54, 1.807) is 0 Å². The lowest BCUT2D eigenvalue weighted by Gasteiger charge is -2.39. The molecule has 2 rings (SSSR count).